The Morgan fingerprint density at radius 2 is 2.00 bits per heavy atom. The van der Waals surface area contributed by atoms with Crippen LogP contribution in [-0.4, -0.2) is 50.7 Å². The molecule has 0 unspecified atom stereocenters. The van der Waals surface area contributed by atoms with Crippen molar-refractivity contribution in [2.45, 2.75) is 50.2 Å². The molecular formula is C17H25NO4S. The Morgan fingerprint density at radius 3 is 2.74 bits per heavy atom. The summed E-state index contributed by atoms with van der Waals surface area (Å²) in [5.41, 5.74) is 0.835. The fraction of sp³-hybridized carbons (Fsp3) is 0.647. The molecule has 0 aromatic heterocycles. The van der Waals surface area contributed by atoms with E-state index < -0.39 is 10.0 Å². The number of rotatable bonds is 6. The molecule has 0 saturated carbocycles. The van der Waals surface area contributed by atoms with Crippen molar-refractivity contribution in [2.75, 3.05) is 19.8 Å². The molecule has 2 saturated heterocycles. The fourth-order valence-electron chi connectivity index (χ4n) is 3.54. The average Bonchev–Trinajstić information content (AvgIpc) is 2.97. The van der Waals surface area contributed by atoms with E-state index in [2.05, 4.69) is 0 Å². The van der Waals surface area contributed by atoms with Crippen LogP contribution >= 0.6 is 0 Å². The molecule has 5 nitrogen and oxygen atoms in total. The summed E-state index contributed by atoms with van der Waals surface area (Å²) in [6.45, 7) is 3.83. The molecule has 0 amide bonds. The second kappa shape index (κ2) is 7.30. The Hall–Kier alpha value is -0.950. The number of hydrogen-bond donors (Lipinski definition) is 0. The van der Waals surface area contributed by atoms with E-state index in [0.717, 1.165) is 24.8 Å². The summed E-state index contributed by atoms with van der Waals surface area (Å²) in [5, 5.41) is 0. The van der Waals surface area contributed by atoms with Gasteiger partial charge in [-0.1, -0.05) is 30.3 Å². The van der Waals surface area contributed by atoms with Crippen LogP contribution in [0, 0.1) is 0 Å². The zero-order valence-electron chi connectivity index (χ0n) is 13.6. The number of benzene rings is 1. The van der Waals surface area contributed by atoms with Crippen LogP contribution in [0.25, 0.3) is 0 Å². The molecule has 128 valence electrons. The minimum atomic E-state index is -3.30. The number of nitrogens with zero attached hydrogens (tertiary/aromatic N) is 1. The van der Waals surface area contributed by atoms with Crippen molar-refractivity contribution in [3.63, 3.8) is 0 Å². The van der Waals surface area contributed by atoms with E-state index in [-0.39, 0.29) is 24.0 Å². The number of fused-ring (bicyclic) bond motifs is 1. The van der Waals surface area contributed by atoms with E-state index in [9.17, 15) is 8.42 Å². The van der Waals surface area contributed by atoms with Gasteiger partial charge in [-0.15, -0.1) is 0 Å². The first-order valence-corrected chi connectivity index (χ1v) is 9.97. The predicted octanol–water partition coefficient (Wildman–Crippen LogP) is 2.17. The fourth-order valence-corrected chi connectivity index (χ4v) is 5.36. The van der Waals surface area contributed by atoms with Crippen molar-refractivity contribution in [1.82, 2.24) is 4.31 Å². The third-order valence-electron chi connectivity index (χ3n) is 4.64. The minimum absolute atomic E-state index is 0.0124. The lowest BCUT2D eigenvalue weighted by molar-refractivity contribution is -0.0924. The summed E-state index contributed by atoms with van der Waals surface area (Å²) >= 11 is 0. The highest BCUT2D eigenvalue weighted by Crippen LogP contribution is 2.34. The van der Waals surface area contributed by atoms with Gasteiger partial charge in [-0.3, -0.25) is 0 Å². The molecule has 0 aliphatic carbocycles. The first kappa shape index (κ1) is 16.9. The number of ether oxygens (including phenoxy) is 2. The molecule has 23 heavy (non-hydrogen) atoms. The van der Waals surface area contributed by atoms with E-state index in [1.807, 2.05) is 37.3 Å². The molecule has 3 rings (SSSR count). The van der Waals surface area contributed by atoms with Crippen LogP contribution in [0.15, 0.2) is 30.3 Å². The van der Waals surface area contributed by atoms with Gasteiger partial charge in [0.25, 0.3) is 0 Å². The van der Waals surface area contributed by atoms with Crippen molar-refractivity contribution in [3.05, 3.63) is 35.9 Å². The van der Waals surface area contributed by atoms with Gasteiger partial charge in [-0.05, 0) is 31.7 Å². The number of hydrogen-bond acceptors (Lipinski definition) is 4. The standard InChI is InChI=1S/C17H25NO4S/c1-2-21-12-15-8-9-16-17(22-15)10-11-18(16)23(19,20)13-14-6-4-3-5-7-14/h3-7,15-17H,2,8-13H2,1H3/t15-,16+,17+/m0/s1. The van der Waals surface area contributed by atoms with Gasteiger partial charge < -0.3 is 9.47 Å². The summed E-state index contributed by atoms with van der Waals surface area (Å²) in [4.78, 5) is 0. The molecule has 3 atom stereocenters. The van der Waals surface area contributed by atoms with Crippen molar-refractivity contribution in [2.24, 2.45) is 0 Å². The maximum Gasteiger partial charge on any atom is 0.218 e. The van der Waals surface area contributed by atoms with E-state index in [1.54, 1.807) is 4.31 Å². The third kappa shape index (κ3) is 3.94. The summed E-state index contributed by atoms with van der Waals surface area (Å²) in [5.74, 6) is 0.0689. The molecule has 0 radical (unpaired) electrons. The molecule has 2 heterocycles. The molecule has 0 spiro atoms. The predicted molar refractivity (Wildman–Crippen MR) is 88.6 cm³/mol. The Balaban J connectivity index is 1.64. The summed E-state index contributed by atoms with van der Waals surface area (Å²) in [7, 11) is -3.30. The molecule has 1 aromatic rings. The first-order valence-electron chi connectivity index (χ1n) is 8.37. The van der Waals surface area contributed by atoms with Gasteiger partial charge in [0.05, 0.1) is 30.6 Å². The Bertz CT molecular complexity index is 604. The Labute approximate surface area is 138 Å². The normalized spacial score (nSPS) is 28.7. The van der Waals surface area contributed by atoms with Gasteiger partial charge in [0.2, 0.25) is 10.0 Å². The van der Waals surface area contributed by atoms with Gasteiger partial charge in [-0.2, -0.15) is 4.31 Å². The van der Waals surface area contributed by atoms with E-state index in [4.69, 9.17) is 9.47 Å². The zero-order valence-corrected chi connectivity index (χ0v) is 14.4. The molecule has 0 N–H and O–H groups in total. The lowest BCUT2D eigenvalue weighted by Gasteiger charge is -2.35. The van der Waals surface area contributed by atoms with Crippen LogP contribution < -0.4 is 0 Å². The Morgan fingerprint density at radius 1 is 1.22 bits per heavy atom. The van der Waals surface area contributed by atoms with Crippen LogP contribution in [0.1, 0.15) is 31.7 Å². The van der Waals surface area contributed by atoms with Crippen LogP contribution in [0.2, 0.25) is 0 Å². The highest BCUT2D eigenvalue weighted by atomic mass is 32.2. The third-order valence-corrected chi connectivity index (χ3v) is 6.51. The second-order valence-electron chi connectivity index (χ2n) is 6.24. The summed E-state index contributed by atoms with van der Waals surface area (Å²) in [6.07, 6.45) is 2.61. The Kier molecular flexibility index (Phi) is 5.36. The molecule has 2 aliphatic rings. The van der Waals surface area contributed by atoms with Crippen molar-refractivity contribution in [1.29, 1.82) is 0 Å². The lowest BCUT2D eigenvalue weighted by atomic mass is 10.0. The van der Waals surface area contributed by atoms with Gasteiger partial charge in [0.15, 0.2) is 0 Å². The van der Waals surface area contributed by atoms with E-state index in [0.29, 0.717) is 19.8 Å². The SMILES string of the molecule is CCOC[C@@H]1CC[C@@H]2[C@@H](CCN2S(=O)(=O)Cc2ccccc2)O1. The maximum absolute atomic E-state index is 12.8. The molecule has 2 fully saturated rings. The molecule has 2 aliphatic heterocycles. The molecule has 1 aromatic carbocycles. The van der Waals surface area contributed by atoms with E-state index in [1.165, 1.54) is 0 Å². The zero-order chi connectivity index (χ0) is 16.3. The topological polar surface area (TPSA) is 55.8 Å². The second-order valence-corrected chi connectivity index (χ2v) is 8.16. The molecular weight excluding hydrogens is 314 g/mol. The quantitative estimate of drug-likeness (QED) is 0.797. The van der Waals surface area contributed by atoms with Crippen molar-refractivity contribution < 1.29 is 17.9 Å². The van der Waals surface area contributed by atoms with Gasteiger partial charge in [0.1, 0.15) is 0 Å². The van der Waals surface area contributed by atoms with Crippen LogP contribution in [0.5, 0.6) is 0 Å². The van der Waals surface area contributed by atoms with Gasteiger partial charge in [-0.25, -0.2) is 8.42 Å². The van der Waals surface area contributed by atoms with Crippen LogP contribution in [-0.2, 0) is 25.2 Å². The van der Waals surface area contributed by atoms with Gasteiger partial charge in [0, 0.05) is 13.2 Å². The highest BCUT2D eigenvalue weighted by Gasteiger charge is 2.44. The van der Waals surface area contributed by atoms with E-state index >= 15 is 0 Å². The van der Waals surface area contributed by atoms with Crippen LogP contribution in [0.3, 0.4) is 0 Å². The van der Waals surface area contributed by atoms with Crippen LogP contribution in [0.4, 0.5) is 0 Å². The largest absolute Gasteiger partial charge is 0.379 e. The average molecular weight is 339 g/mol. The lowest BCUT2D eigenvalue weighted by Crippen LogP contribution is -2.46. The van der Waals surface area contributed by atoms with Gasteiger partial charge >= 0.3 is 0 Å². The monoisotopic (exact) mass is 339 g/mol. The summed E-state index contributed by atoms with van der Waals surface area (Å²) in [6, 6.07) is 9.36. The summed E-state index contributed by atoms with van der Waals surface area (Å²) < 4.78 is 38.7. The maximum atomic E-state index is 12.8. The highest BCUT2D eigenvalue weighted by molar-refractivity contribution is 7.88. The van der Waals surface area contributed by atoms with Crippen molar-refractivity contribution in [3.8, 4) is 0 Å². The molecule has 0 bridgehead atoms. The first-order chi connectivity index (χ1) is 11.1. The minimum Gasteiger partial charge on any atom is -0.379 e. The van der Waals surface area contributed by atoms with Crippen molar-refractivity contribution >= 4 is 10.0 Å². The smallest absolute Gasteiger partial charge is 0.218 e. The molecule has 6 heteroatoms. The number of sulfonamides is 1.